The van der Waals surface area contributed by atoms with Gasteiger partial charge in [0.15, 0.2) is 0 Å². The lowest BCUT2D eigenvalue weighted by atomic mass is 9.63. The molecule has 4 rings (SSSR count). The SMILES string of the molecule is C[C@@H]1CC[C@@H]2[C@@H](C1)c1c(O)c(C(=O)NCCN(C)C)cc(-c3ccc(Cl)cc3)c1OC2(C)C. The number of carbonyl (C=O) groups is 1. The Kier molecular flexibility index (Phi) is 6.66. The summed E-state index contributed by atoms with van der Waals surface area (Å²) in [4.78, 5) is 15.2. The van der Waals surface area contributed by atoms with Crippen molar-refractivity contribution in [1.29, 1.82) is 0 Å². The van der Waals surface area contributed by atoms with Crippen LogP contribution in [0.4, 0.5) is 0 Å². The second kappa shape index (κ2) is 9.19. The molecular weight excluding hydrogens is 436 g/mol. The number of fused-ring (bicyclic) bond motifs is 3. The molecule has 0 unspecified atom stereocenters. The topological polar surface area (TPSA) is 61.8 Å². The molecule has 1 aliphatic heterocycles. The van der Waals surface area contributed by atoms with Gasteiger partial charge in [0.1, 0.15) is 17.1 Å². The molecule has 0 aromatic heterocycles. The first-order valence-corrected chi connectivity index (χ1v) is 12.2. The molecule has 0 saturated heterocycles. The molecule has 0 spiro atoms. The van der Waals surface area contributed by atoms with E-state index in [2.05, 4.69) is 26.1 Å². The van der Waals surface area contributed by atoms with Crippen LogP contribution in [0.25, 0.3) is 11.1 Å². The van der Waals surface area contributed by atoms with Crippen molar-refractivity contribution in [1.82, 2.24) is 10.2 Å². The number of phenolic OH excluding ortho intramolecular Hbond substituents is 1. The highest BCUT2D eigenvalue weighted by atomic mass is 35.5. The van der Waals surface area contributed by atoms with E-state index in [-0.39, 0.29) is 29.1 Å². The van der Waals surface area contributed by atoms with E-state index in [0.717, 1.165) is 42.5 Å². The van der Waals surface area contributed by atoms with E-state index < -0.39 is 0 Å². The molecular formula is C27H35ClN2O3. The maximum Gasteiger partial charge on any atom is 0.255 e. The molecule has 5 nitrogen and oxygen atoms in total. The van der Waals surface area contributed by atoms with Gasteiger partial charge in [-0.15, -0.1) is 0 Å². The molecule has 1 saturated carbocycles. The van der Waals surface area contributed by atoms with Gasteiger partial charge in [0.2, 0.25) is 0 Å². The second-order valence-corrected chi connectivity index (χ2v) is 10.9. The maximum absolute atomic E-state index is 13.2. The van der Waals surface area contributed by atoms with Crippen molar-refractivity contribution in [3.8, 4) is 22.6 Å². The number of hydrogen-bond donors (Lipinski definition) is 2. The third-order valence-electron chi connectivity index (χ3n) is 7.27. The van der Waals surface area contributed by atoms with Crippen molar-refractivity contribution in [3.63, 3.8) is 0 Å². The summed E-state index contributed by atoms with van der Waals surface area (Å²) in [5, 5.41) is 15.1. The normalized spacial score (nSPS) is 23.4. The van der Waals surface area contributed by atoms with Crippen LogP contribution in [-0.2, 0) is 0 Å². The number of halogens is 1. The molecule has 2 aromatic carbocycles. The number of ether oxygens (including phenoxy) is 1. The van der Waals surface area contributed by atoms with Crippen molar-refractivity contribution < 1.29 is 14.6 Å². The summed E-state index contributed by atoms with van der Waals surface area (Å²) in [6, 6.07) is 9.33. The van der Waals surface area contributed by atoms with Crippen LogP contribution in [0.2, 0.25) is 5.02 Å². The second-order valence-electron chi connectivity index (χ2n) is 10.5. The smallest absolute Gasteiger partial charge is 0.255 e. The van der Waals surface area contributed by atoms with Crippen molar-refractivity contribution >= 4 is 17.5 Å². The van der Waals surface area contributed by atoms with Gasteiger partial charge in [-0.3, -0.25) is 4.79 Å². The number of aromatic hydroxyl groups is 1. The Balaban J connectivity index is 1.87. The molecule has 2 aromatic rings. The lowest BCUT2D eigenvalue weighted by Crippen LogP contribution is -2.47. The molecule has 6 heteroatoms. The van der Waals surface area contributed by atoms with Crippen molar-refractivity contribution in [3.05, 3.63) is 46.5 Å². The average Bonchev–Trinajstić information content (AvgIpc) is 2.73. The standard InChI is InChI=1S/C27H35ClN2O3/c1-16-6-11-22-20(14-16)23-24(31)21(26(32)29-12-13-30(4)5)15-19(25(23)33-27(22,2)3)17-7-9-18(28)10-8-17/h7-10,15-16,20,22,31H,6,11-14H2,1-5H3,(H,29,32)/t16-,20-,22-/m1/s1. The Bertz CT molecular complexity index is 1030. The van der Waals surface area contributed by atoms with Crippen LogP contribution < -0.4 is 10.1 Å². The number of hydrogen-bond acceptors (Lipinski definition) is 4. The first-order chi connectivity index (χ1) is 15.6. The van der Waals surface area contributed by atoms with Crippen molar-refractivity contribution in [2.75, 3.05) is 27.2 Å². The van der Waals surface area contributed by atoms with Crippen LogP contribution in [0.15, 0.2) is 30.3 Å². The largest absolute Gasteiger partial charge is 0.507 e. The zero-order chi connectivity index (χ0) is 23.9. The van der Waals surface area contributed by atoms with Gasteiger partial charge in [0.05, 0.1) is 5.56 Å². The highest BCUT2D eigenvalue weighted by Crippen LogP contribution is 2.58. The minimum Gasteiger partial charge on any atom is -0.507 e. The zero-order valence-electron chi connectivity index (χ0n) is 20.2. The number of amides is 1. The highest BCUT2D eigenvalue weighted by molar-refractivity contribution is 6.30. The van der Waals surface area contributed by atoms with Gasteiger partial charge < -0.3 is 20.1 Å². The summed E-state index contributed by atoms with van der Waals surface area (Å²) >= 11 is 6.15. The number of benzene rings is 2. The molecule has 0 bridgehead atoms. The maximum atomic E-state index is 13.2. The van der Waals surface area contributed by atoms with Crippen LogP contribution in [0, 0.1) is 11.8 Å². The van der Waals surface area contributed by atoms with Gasteiger partial charge in [-0.2, -0.15) is 0 Å². The van der Waals surface area contributed by atoms with Crippen molar-refractivity contribution in [2.45, 2.75) is 51.6 Å². The van der Waals surface area contributed by atoms with Crippen LogP contribution in [0.5, 0.6) is 11.5 Å². The van der Waals surface area contributed by atoms with Crippen molar-refractivity contribution in [2.24, 2.45) is 11.8 Å². The van der Waals surface area contributed by atoms with E-state index >= 15 is 0 Å². The molecule has 1 heterocycles. The Labute approximate surface area is 202 Å². The molecule has 0 radical (unpaired) electrons. The minimum absolute atomic E-state index is 0.0599. The fourth-order valence-electron chi connectivity index (χ4n) is 5.51. The number of phenols is 1. The number of carbonyl (C=O) groups excluding carboxylic acids is 1. The predicted molar refractivity (Wildman–Crippen MR) is 133 cm³/mol. The highest BCUT2D eigenvalue weighted by Gasteiger charge is 2.48. The third-order valence-corrected chi connectivity index (χ3v) is 7.53. The number of nitrogens with zero attached hydrogens (tertiary/aromatic N) is 1. The summed E-state index contributed by atoms with van der Waals surface area (Å²) < 4.78 is 6.64. The Hall–Kier alpha value is -2.24. The Morgan fingerprint density at radius 3 is 2.61 bits per heavy atom. The summed E-state index contributed by atoms with van der Waals surface area (Å²) in [6.07, 6.45) is 3.18. The Morgan fingerprint density at radius 2 is 1.94 bits per heavy atom. The summed E-state index contributed by atoms with van der Waals surface area (Å²) in [5.74, 6) is 1.48. The zero-order valence-corrected chi connectivity index (χ0v) is 21.0. The van der Waals surface area contributed by atoms with E-state index in [9.17, 15) is 9.90 Å². The molecule has 3 atom stereocenters. The fraction of sp³-hybridized carbons (Fsp3) is 0.519. The summed E-state index contributed by atoms with van der Waals surface area (Å²) in [7, 11) is 3.93. The molecule has 2 aliphatic rings. The van der Waals surface area contributed by atoms with Crippen LogP contribution >= 0.6 is 11.6 Å². The number of rotatable bonds is 5. The Morgan fingerprint density at radius 1 is 1.24 bits per heavy atom. The minimum atomic E-state index is -0.360. The number of nitrogens with one attached hydrogen (secondary N) is 1. The van der Waals surface area contributed by atoms with Crippen LogP contribution in [0.3, 0.4) is 0 Å². The third kappa shape index (κ3) is 4.71. The van der Waals surface area contributed by atoms with Crippen LogP contribution in [0.1, 0.15) is 61.9 Å². The van der Waals surface area contributed by atoms with Gasteiger partial charge in [-0.1, -0.05) is 37.1 Å². The van der Waals surface area contributed by atoms with E-state index in [1.165, 1.54) is 0 Å². The lowest BCUT2D eigenvalue weighted by molar-refractivity contribution is -0.0140. The molecule has 33 heavy (non-hydrogen) atoms. The summed E-state index contributed by atoms with van der Waals surface area (Å²) in [6.45, 7) is 7.79. The van der Waals surface area contributed by atoms with Gasteiger partial charge in [-0.05, 0) is 76.4 Å². The lowest BCUT2D eigenvalue weighted by Gasteiger charge is -2.49. The van der Waals surface area contributed by atoms with E-state index in [1.54, 1.807) is 6.07 Å². The first-order valence-electron chi connectivity index (χ1n) is 11.9. The van der Waals surface area contributed by atoms with Gasteiger partial charge in [0, 0.05) is 35.2 Å². The predicted octanol–water partition coefficient (Wildman–Crippen LogP) is 5.69. The van der Waals surface area contributed by atoms with Gasteiger partial charge in [0.25, 0.3) is 5.91 Å². The molecule has 178 valence electrons. The monoisotopic (exact) mass is 470 g/mol. The van der Waals surface area contributed by atoms with Crippen LogP contribution in [-0.4, -0.2) is 48.7 Å². The molecule has 2 N–H and O–H groups in total. The van der Waals surface area contributed by atoms with E-state index in [1.807, 2.05) is 43.3 Å². The van der Waals surface area contributed by atoms with E-state index in [0.29, 0.717) is 28.8 Å². The summed E-state index contributed by atoms with van der Waals surface area (Å²) in [5.41, 5.74) is 2.47. The first kappa shape index (κ1) is 23.9. The van der Waals surface area contributed by atoms with Gasteiger partial charge >= 0.3 is 0 Å². The average molecular weight is 471 g/mol. The fourth-order valence-corrected chi connectivity index (χ4v) is 5.63. The van der Waals surface area contributed by atoms with E-state index in [4.69, 9.17) is 16.3 Å². The van der Waals surface area contributed by atoms with Gasteiger partial charge in [-0.25, -0.2) is 0 Å². The quantitative estimate of drug-likeness (QED) is 0.588. The molecule has 1 fully saturated rings. The molecule has 1 aliphatic carbocycles. The molecule has 1 amide bonds. The number of likely N-dealkylation sites (N-methyl/N-ethyl adjacent to an activating group) is 1.